The van der Waals surface area contributed by atoms with Gasteiger partial charge in [0.2, 0.25) is 0 Å². The Hall–Kier alpha value is -1.22. The van der Waals surface area contributed by atoms with Gasteiger partial charge < -0.3 is 11.1 Å². The Morgan fingerprint density at radius 3 is 2.65 bits per heavy atom. The van der Waals surface area contributed by atoms with Crippen LogP contribution in [0.25, 0.3) is 0 Å². The third-order valence-corrected chi connectivity index (χ3v) is 4.48. The van der Waals surface area contributed by atoms with Crippen molar-refractivity contribution >= 4 is 23.2 Å². The number of benzene rings is 1. The predicted octanol–water partition coefficient (Wildman–Crippen LogP) is 4.01. The van der Waals surface area contributed by atoms with Gasteiger partial charge >= 0.3 is 0 Å². The zero-order valence-corrected chi connectivity index (χ0v) is 12.7. The zero-order chi connectivity index (χ0) is 14.5. The summed E-state index contributed by atoms with van der Waals surface area (Å²) in [5, 5.41) is 3.59. The molecule has 2 rings (SSSR count). The molecule has 0 atom stereocenters. The van der Waals surface area contributed by atoms with Crippen molar-refractivity contribution in [2.45, 2.75) is 51.5 Å². The molecule has 0 aromatic heterocycles. The number of halogens is 1. The Morgan fingerprint density at radius 2 is 2.05 bits per heavy atom. The highest BCUT2D eigenvalue weighted by molar-refractivity contribution is 6.33. The topological polar surface area (TPSA) is 55.1 Å². The molecule has 1 aromatic rings. The van der Waals surface area contributed by atoms with Crippen LogP contribution in [0.5, 0.6) is 0 Å². The monoisotopic (exact) mass is 294 g/mol. The van der Waals surface area contributed by atoms with E-state index in [0.717, 1.165) is 18.8 Å². The minimum absolute atomic E-state index is 0.0488. The normalized spacial score (nSPS) is 22.5. The molecule has 0 bridgehead atoms. The van der Waals surface area contributed by atoms with Crippen molar-refractivity contribution in [3.8, 4) is 0 Å². The van der Waals surface area contributed by atoms with E-state index < -0.39 is 0 Å². The van der Waals surface area contributed by atoms with Crippen LogP contribution in [-0.2, 0) is 0 Å². The third kappa shape index (κ3) is 3.89. The second-order valence-electron chi connectivity index (χ2n) is 5.72. The molecule has 1 aromatic carbocycles. The lowest BCUT2D eigenvalue weighted by Crippen LogP contribution is -2.37. The number of hydrogen-bond donors (Lipinski definition) is 2. The van der Waals surface area contributed by atoms with Gasteiger partial charge in [0, 0.05) is 11.6 Å². The molecule has 0 spiro atoms. The standard InChI is InChI=1S/C16H23ClN2O/c1-2-3-11-4-7-13(8-5-11)19-16(20)12-6-9-14(17)15(18)10-12/h6,9-11,13H,2-5,7-8,18H2,1H3,(H,19,20). The molecule has 110 valence electrons. The van der Waals surface area contributed by atoms with Crippen molar-refractivity contribution in [3.05, 3.63) is 28.8 Å². The van der Waals surface area contributed by atoms with Gasteiger partial charge in [0.05, 0.1) is 10.7 Å². The minimum Gasteiger partial charge on any atom is -0.398 e. The summed E-state index contributed by atoms with van der Waals surface area (Å²) in [5.41, 5.74) is 6.77. The highest BCUT2D eigenvalue weighted by Gasteiger charge is 2.22. The highest BCUT2D eigenvalue weighted by Crippen LogP contribution is 2.28. The number of nitrogen functional groups attached to an aromatic ring is 1. The number of carbonyl (C=O) groups excluding carboxylic acids is 1. The van der Waals surface area contributed by atoms with E-state index in [4.69, 9.17) is 17.3 Å². The summed E-state index contributed by atoms with van der Waals surface area (Å²) in [5.74, 6) is 0.798. The van der Waals surface area contributed by atoms with Crippen LogP contribution in [0.15, 0.2) is 18.2 Å². The maximum absolute atomic E-state index is 12.2. The van der Waals surface area contributed by atoms with Gasteiger partial charge in [-0.15, -0.1) is 0 Å². The fraction of sp³-hybridized carbons (Fsp3) is 0.562. The van der Waals surface area contributed by atoms with Gasteiger partial charge in [-0.05, 0) is 49.8 Å². The lowest BCUT2D eigenvalue weighted by molar-refractivity contribution is 0.0921. The van der Waals surface area contributed by atoms with Gasteiger partial charge in [-0.25, -0.2) is 0 Å². The van der Waals surface area contributed by atoms with Crippen molar-refractivity contribution in [1.82, 2.24) is 5.32 Å². The fourth-order valence-corrected chi connectivity index (χ4v) is 3.07. The van der Waals surface area contributed by atoms with Gasteiger partial charge in [-0.3, -0.25) is 4.79 Å². The lowest BCUT2D eigenvalue weighted by Gasteiger charge is -2.29. The first-order chi connectivity index (χ1) is 9.60. The Kier molecular flexibility index (Phi) is 5.30. The quantitative estimate of drug-likeness (QED) is 0.824. The fourth-order valence-electron chi connectivity index (χ4n) is 2.96. The smallest absolute Gasteiger partial charge is 0.251 e. The molecule has 1 amide bonds. The Bertz CT molecular complexity index is 468. The first kappa shape index (κ1) is 15.2. The van der Waals surface area contributed by atoms with Gasteiger partial charge in [0.15, 0.2) is 0 Å². The van der Waals surface area contributed by atoms with E-state index in [1.54, 1.807) is 18.2 Å². The van der Waals surface area contributed by atoms with Crippen LogP contribution in [0.1, 0.15) is 55.8 Å². The summed E-state index contributed by atoms with van der Waals surface area (Å²) >= 11 is 5.87. The van der Waals surface area contributed by atoms with Crippen molar-refractivity contribution in [1.29, 1.82) is 0 Å². The largest absolute Gasteiger partial charge is 0.398 e. The maximum Gasteiger partial charge on any atom is 0.251 e. The van der Waals surface area contributed by atoms with Crippen LogP contribution in [0.3, 0.4) is 0 Å². The van der Waals surface area contributed by atoms with Crippen molar-refractivity contribution in [2.24, 2.45) is 5.92 Å². The van der Waals surface area contributed by atoms with Crippen LogP contribution < -0.4 is 11.1 Å². The van der Waals surface area contributed by atoms with E-state index in [9.17, 15) is 4.79 Å². The first-order valence-electron chi connectivity index (χ1n) is 7.46. The SMILES string of the molecule is CCCC1CCC(NC(=O)c2ccc(Cl)c(N)c2)CC1. The molecule has 0 heterocycles. The van der Waals surface area contributed by atoms with Gasteiger partial charge in [-0.1, -0.05) is 31.4 Å². The maximum atomic E-state index is 12.2. The summed E-state index contributed by atoms with van der Waals surface area (Å²) in [6.07, 6.45) is 7.18. The van der Waals surface area contributed by atoms with E-state index in [2.05, 4.69) is 12.2 Å². The molecule has 0 saturated heterocycles. The van der Waals surface area contributed by atoms with Crippen LogP contribution >= 0.6 is 11.6 Å². The number of carbonyl (C=O) groups is 1. The van der Waals surface area contributed by atoms with Gasteiger partial charge in [0.25, 0.3) is 5.91 Å². The van der Waals surface area contributed by atoms with Crippen molar-refractivity contribution in [2.75, 3.05) is 5.73 Å². The molecular formula is C16H23ClN2O. The van der Waals surface area contributed by atoms with Gasteiger partial charge in [-0.2, -0.15) is 0 Å². The molecule has 1 aliphatic rings. The van der Waals surface area contributed by atoms with Crippen LogP contribution in [0.2, 0.25) is 5.02 Å². The van der Waals surface area contributed by atoms with E-state index in [0.29, 0.717) is 22.3 Å². The average molecular weight is 295 g/mol. The summed E-state index contributed by atoms with van der Waals surface area (Å²) < 4.78 is 0. The molecule has 3 N–H and O–H groups in total. The Morgan fingerprint density at radius 1 is 1.35 bits per heavy atom. The number of anilines is 1. The summed E-state index contributed by atoms with van der Waals surface area (Å²) in [7, 11) is 0. The number of amides is 1. The number of rotatable bonds is 4. The highest BCUT2D eigenvalue weighted by atomic mass is 35.5. The van der Waals surface area contributed by atoms with Crippen molar-refractivity contribution < 1.29 is 4.79 Å². The Labute approximate surface area is 125 Å². The first-order valence-corrected chi connectivity index (χ1v) is 7.83. The number of nitrogens with one attached hydrogen (secondary N) is 1. The minimum atomic E-state index is -0.0488. The summed E-state index contributed by atoms with van der Waals surface area (Å²) in [6, 6.07) is 5.33. The van der Waals surface area contributed by atoms with Gasteiger partial charge in [0.1, 0.15) is 0 Å². The molecule has 3 nitrogen and oxygen atoms in total. The van der Waals surface area contributed by atoms with Crippen LogP contribution in [0, 0.1) is 5.92 Å². The van der Waals surface area contributed by atoms with Crippen molar-refractivity contribution in [3.63, 3.8) is 0 Å². The molecule has 0 unspecified atom stereocenters. The predicted molar refractivity (Wildman–Crippen MR) is 84.0 cm³/mol. The van der Waals surface area contributed by atoms with E-state index in [-0.39, 0.29) is 5.91 Å². The second-order valence-corrected chi connectivity index (χ2v) is 6.12. The molecule has 1 fully saturated rings. The lowest BCUT2D eigenvalue weighted by atomic mass is 9.83. The second kappa shape index (κ2) is 6.98. The third-order valence-electron chi connectivity index (χ3n) is 4.14. The summed E-state index contributed by atoms with van der Waals surface area (Å²) in [6.45, 7) is 2.23. The Balaban J connectivity index is 1.87. The molecule has 1 aliphatic carbocycles. The summed E-state index contributed by atoms with van der Waals surface area (Å²) in [4.78, 5) is 12.2. The van der Waals surface area contributed by atoms with E-state index in [1.807, 2.05) is 0 Å². The number of nitrogens with two attached hydrogens (primary N) is 1. The zero-order valence-electron chi connectivity index (χ0n) is 12.0. The van der Waals surface area contributed by atoms with E-state index >= 15 is 0 Å². The molecule has 1 saturated carbocycles. The molecule has 0 radical (unpaired) electrons. The van der Waals surface area contributed by atoms with Crippen LogP contribution in [-0.4, -0.2) is 11.9 Å². The molecule has 4 heteroatoms. The van der Waals surface area contributed by atoms with Crippen LogP contribution in [0.4, 0.5) is 5.69 Å². The number of hydrogen-bond acceptors (Lipinski definition) is 2. The molecule has 0 aliphatic heterocycles. The molecular weight excluding hydrogens is 272 g/mol. The average Bonchev–Trinajstić information content (AvgIpc) is 2.44. The molecule has 20 heavy (non-hydrogen) atoms. The van der Waals surface area contributed by atoms with E-state index in [1.165, 1.54) is 25.7 Å².